The predicted octanol–water partition coefficient (Wildman–Crippen LogP) is -0.149. The zero-order valence-corrected chi connectivity index (χ0v) is 12.2. The molecule has 4 rings (SSSR count). The Morgan fingerprint density at radius 2 is 1.17 bits per heavy atom. The summed E-state index contributed by atoms with van der Waals surface area (Å²) in [5.74, 6) is 0. The highest BCUT2D eigenvalue weighted by Gasteiger charge is 2.19. The van der Waals surface area contributed by atoms with Gasteiger partial charge in [-0.1, -0.05) is 18.2 Å². The number of aliphatic hydroxyl groups excluding tert-OH is 1. The Balaban J connectivity index is 2.20. The van der Waals surface area contributed by atoms with Crippen LogP contribution in [0.1, 0.15) is 0 Å². The fraction of sp³-hybridized carbons (Fsp3) is 0.0588. The van der Waals surface area contributed by atoms with E-state index in [0.717, 1.165) is 4.57 Å². The monoisotopic (exact) mass is 322 g/mol. The second kappa shape index (κ2) is 4.84. The normalized spacial score (nSPS) is 11.5. The van der Waals surface area contributed by atoms with Gasteiger partial charge in [0.2, 0.25) is 0 Å². The summed E-state index contributed by atoms with van der Waals surface area (Å²) in [6.07, 6.45) is 0. The second-order valence-electron chi connectivity index (χ2n) is 5.40. The first kappa shape index (κ1) is 14.3. The summed E-state index contributed by atoms with van der Waals surface area (Å²) in [5, 5.41) is 9.31. The summed E-state index contributed by atoms with van der Waals surface area (Å²) >= 11 is 0. The molecule has 0 bridgehead atoms. The van der Waals surface area contributed by atoms with Gasteiger partial charge in [0.05, 0.1) is 27.2 Å². The third-order valence-corrected chi connectivity index (χ3v) is 4.13. The fourth-order valence-electron chi connectivity index (χ4n) is 2.96. The molecule has 2 aromatic heterocycles. The first-order valence-electron chi connectivity index (χ1n) is 7.13. The minimum absolute atomic E-state index is 0.0175. The van der Waals surface area contributed by atoms with Gasteiger partial charge in [-0.2, -0.15) is 0 Å². The number of hydrogen-bond donors (Lipinski definition) is 1. The van der Waals surface area contributed by atoms with E-state index in [9.17, 15) is 19.2 Å². The van der Waals surface area contributed by atoms with Gasteiger partial charge in [0, 0.05) is 0 Å². The zero-order valence-electron chi connectivity index (χ0n) is 12.2. The third kappa shape index (κ3) is 1.70. The molecule has 0 saturated heterocycles. The number of fused-ring (bicyclic) bond motifs is 2. The molecular weight excluding hydrogens is 312 g/mol. The number of rotatable bonds is 2. The molecule has 2 aromatic carbocycles. The maximum Gasteiger partial charge on any atom is 0.266 e. The quantitative estimate of drug-likeness (QED) is 0.553. The maximum absolute atomic E-state index is 12.6. The van der Waals surface area contributed by atoms with Crippen LogP contribution in [0.25, 0.3) is 27.2 Å². The van der Waals surface area contributed by atoms with Crippen molar-refractivity contribution in [3.8, 4) is 5.69 Å². The lowest BCUT2D eigenvalue weighted by Gasteiger charge is -1.97. The van der Waals surface area contributed by atoms with E-state index in [-0.39, 0.29) is 21.5 Å². The summed E-state index contributed by atoms with van der Waals surface area (Å²) < 4.78 is 1.67. The van der Waals surface area contributed by atoms with Crippen molar-refractivity contribution in [2.75, 3.05) is 0 Å². The first-order valence-corrected chi connectivity index (χ1v) is 7.13. The van der Waals surface area contributed by atoms with Gasteiger partial charge in [0.25, 0.3) is 22.2 Å². The van der Waals surface area contributed by atoms with Crippen LogP contribution in [-0.4, -0.2) is 14.2 Å². The van der Waals surface area contributed by atoms with Crippen LogP contribution in [0.4, 0.5) is 0 Å². The molecule has 0 aliphatic carbocycles. The van der Waals surface area contributed by atoms with Crippen molar-refractivity contribution in [1.82, 2.24) is 9.13 Å². The van der Waals surface area contributed by atoms with Gasteiger partial charge < -0.3 is 5.11 Å². The molecule has 0 radical (unpaired) electrons. The number of para-hydroxylation sites is 1. The van der Waals surface area contributed by atoms with Crippen LogP contribution < -0.4 is 22.2 Å². The van der Waals surface area contributed by atoms with E-state index in [1.165, 1.54) is 12.1 Å². The van der Waals surface area contributed by atoms with Crippen LogP contribution in [0.5, 0.6) is 0 Å². The van der Waals surface area contributed by atoms with Gasteiger partial charge in [-0.05, 0) is 24.3 Å². The third-order valence-electron chi connectivity index (χ3n) is 4.13. The molecule has 7 nitrogen and oxygen atoms in total. The van der Waals surface area contributed by atoms with E-state index in [4.69, 9.17) is 5.11 Å². The van der Waals surface area contributed by atoms with Crippen molar-refractivity contribution < 1.29 is 5.11 Å². The van der Waals surface area contributed by atoms with Gasteiger partial charge in [-0.25, -0.2) is 4.57 Å². The second-order valence-corrected chi connectivity index (χ2v) is 5.40. The lowest BCUT2D eigenvalue weighted by Crippen LogP contribution is -2.25. The number of hydrogen-bond acceptors (Lipinski definition) is 5. The summed E-state index contributed by atoms with van der Waals surface area (Å²) in [6, 6.07) is 10.9. The molecule has 0 aliphatic rings. The van der Waals surface area contributed by atoms with Gasteiger partial charge in [-0.15, -0.1) is 0 Å². The zero-order chi connectivity index (χ0) is 17.0. The molecule has 1 N–H and O–H groups in total. The highest BCUT2D eigenvalue weighted by Crippen LogP contribution is 2.15. The van der Waals surface area contributed by atoms with Crippen molar-refractivity contribution in [3.63, 3.8) is 0 Å². The molecule has 0 saturated carbocycles. The molecule has 0 unspecified atom stereocenters. The highest BCUT2D eigenvalue weighted by atomic mass is 16.3. The molecule has 4 aromatic rings. The maximum atomic E-state index is 12.6. The standard InChI is InChI=1S/C17H10N2O5/c20-8-18-14(21)10-6-12-13(7-11(10)15(18)22)17(24)19(16(12)23)9-4-2-1-3-5-9/h1-7,20H,8H2. The van der Waals surface area contributed by atoms with Gasteiger partial charge in [0.15, 0.2) is 0 Å². The Labute approximate surface area is 132 Å². The SMILES string of the molecule is O=c1c2cc3c(=O)n(-c4ccccc4)c(=O)c3cc2c(=O)n1CO. The van der Waals surface area contributed by atoms with Gasteiger partial charge in [-0.3, -0.25) is 23.7 Å². The smallest absolute Gasteiger partial charge is 0.266 e. The van der Waals surface area contributed by atoms with Crippen LogP contribution in [0, 0.1) is 0 Å². The molecule has 0 atom stereocenters. The predicted molar refractivity (Wildman–Crippen MR) is 88.4 cm³/mol. The Hall–Kier alpha value is -3.32. The van der Waals surface area contributed by atoms with Crippen LogP contribution in [0.15, 0.2) is 61.6 Å². The van der Waals surface area contributed by atoms with Crippen molar-refractivity contribution in [1.29, 1.82) is 0 Å². The number of aromatic nitrogens is 2. The highest BCUT2D eigenvalue weighted by molar-refractivity contribution is 5.98. The molecule has 7 heteroatoms. The van der Waals surface area contributed by atoms with E-state index >= 15 is 0 Å². The molecule has 24 heavy (non-hydrogen) atoms. The molecule has 118 valence electrons. The summed E-state index contributed by atoms with van der Waals surface area (Å²) in [7, 11) is 0. The first-order chi connectivity index (χ1) is 11.5. The van der Waals surface area contributed by atoms with E-state index in [1.807, 2.05) is 0 Å². The lowest BCUT2D eigenvalue weighted by molar-refractivity contribution is 0.204. The van der Waals surface area contributed by atoms with Gasteiger partial charge >= 0.3 is 0 Å². The molecular formula is C17H10N2O5. The van der Waals surface area contributed by atoms with Crippen LogP contribution in [-0.2, 0) is 6.73 Å². The summed E-state index contributed by atoms with van der Waals surface area (Å²) in [4.78, 5) is 49.4. The Morgan fingerprint density at radius 3 is 1.62 bits per heavy atom. The van der Waals surface area contributed by atoms with Crippen molar-refractivity contribution in [2.24, 2.45) is 0 Å². The number of nitrogens with zero attached hydrogens (tertiary/aromatic N) is 2. The molecule has 0 aliphatic heterocycles. The Bertz CT molecular complexity index is 1230. The van der Waals surface area contributed by atoms with Crippen LogP contribution in [0.3, 0.4) is 0 Å². The minimum Gasteiger partial charge on any atom is -0.376 e. The van der Waals surface area contributed by atoms with Gasteiger partial charge in [0.1, 0.15) is 6.73 Å². The number of aliphatic hydroxyl groups is 1. The molecule has 2 heterocycles. The lowest BCUT2D eigenvalue weighted by atomic mass is 10.1. The summed E-state index contributed by atoms with van der Waals surface area (Å²) in [5.41, 5.74) is -2.05. The Kier molecular flexibility index (Phi) is 2.88. The average Bonchev–Trinajstić information content (AvgIpc) is 2.99. The molecule has 0 amide bonds. The van der Waals surface area contributed by atoms with E-state index < -0.39 is 29.0 Å². The summed E-state index contributed by atoms with van der Waals surface area (Å²) in [6.45, 7) is -0.755. The average molecular weight is 322 g/mol. The van der Waals surface area contributed by atoms with E-state index in [1.54, 1.807) is 30.3 Å². The molecule has 0 spiro atoms. The largest absolute Gasteiger partial charge is 0.376 e. The fourth-order valence-corrected chi connectivity index (χ4v) is 2.96. The van der Waals surface area contributed by atoms with Crippen molar-refractivity contribution in [3.05, 3.63) is 83.9 Å². The van der Waals surface area contributed by atoms with E-state index in [2.05, 4.69) is 0 Å². The van der Waals surface area contributed by atoms with Crippen LogP contribution >= 0.6 is 0 Å². The Morgan fingerprint density at radius 1 is 0.708 bits per heavy atom. The van der Waals surface area contributed by atoms with Crippen LogP contribution in [0.2, 0.25) is 0 Å². The minimum atomic E-state index is -0.755. The van der Waals surface area contributed by atoms with Crippen molar-refractivity contribution in [2.45, 2.75) is 6.73 Å². The number of benzene rings is 2. The van der Waals surface area contributed by atoms with Crippen molar-refractivity contribution >= 4 is 21.5 Å². The topological polar surface area (TPSA) is 98.4 Å². The molecule has 0 fully saturated rings. The van der Waals surface area contributed by atoms with E-state index in [0.29, 0.717) is 10.3 Å².